The fourth-order valence-electron chi connectivity index (χ4n) is 1.92. The van der Waals surface area contributed by atoms with E-state index < -0.39 is 29.8 Å². The van der Waals surface area contributed by atoms with Gasteiger partial charge in [0.15, 0.2) is 0 Å². The standard InChI is InChI=1S/C13H20BFO4/c1-6-13(16-7-8-17-13)9-10(15)14-18-11(2,3)12(4,5)19-14/h6,9H,1,7-8H2,2-5H3. The third-order valence-electron chi connectivity index (χ3n) is 3.84. The summed E-state index contributed by atoms with van der Waals surface area (Å²) in [4.78, 5) is 0. The van der Waals surface area contributed by atoms with Gasteiger partial charge in [-0.05, 0) is 33.8 Å². The molecular weight excluding hydrogens is 250 g/mol. The van der Waals surface area contributed by atoms with Crippen molar-refractivity contribution in [3.05, 3.63) is 24.5 Å². The molecule has 0 unspecified atom stereocenters. The van der Waals surface area contributed by atoms with Gasteiger partial charge in [-0.1, -0.05) is 6.58 Å². The van der Waals surface area contributed by atoms with Crippen LogP contribution >= 0.6 is 0 Å². The molecule has 0 spiro atoms. The molecule has 0 bridgehead atoms. The lowest BCUT2D eigenvalue weighted by Gasteiger charge is -2.32. The Morgan fingerprint density at radius 1 is 1.11 bits per heavy atom. The number of hydrogen-bond acceptors (Lipinski definition) is 4. The lowest BCUT2D eigenvalue weighted by molar-refractivity contribution is -0.0751. The molecule has 0 aromatic rings. The molecule has 106 valence electrons. The van der Waals surface area contributed by atoms with Gasteiger partial charge in [0, 0.05) is 6.08 Å². The van der Waals surface area contributed by atoms with E-state index in [2.05, 4.69) is 6.58 Å². The first-order valence-electron chi connectivity index (χ1n) is 6.37. The molecule has 4 nitrogen and oxygen atoms in total. The molecule has 2 fully saturated rings. The molecule has 0 radical (unpaired) electrons. The predicted octanol–water partition coefficient (Wildman–Crippen LogP) is 2.40. The van der Waals surface area contributed by atoms with Gasteiger partial charge >= 0.3 is 7.12 Å². The van der Waals surface area contributed by atoms with Crippen molar-refractivity contribution in [1.29, 1.82) is 0 Å². The highest BCUT2D eigenvalue weighted by molar-refractivity contribution is 6.53. The third kappa shape index (κ3) is 2.63. The lowest BCUT2D eigenvalue weighted by atomic mass is 9.86. The Morgan fingerprint density at radius 3 is 2.00 bits per heavy atom. The first kappa shape index (κ1) is 14.7. The lowest BCUT2D eigenvalue weighted by Crippen LogP contribution is -2.41. The van der Waals surface area contributed by atoms with E-state index in [0.29, 0.717) is 13.2 Å². The average molecular weight is 270 g/mol. The summed E-state index contributed by atoms with van der Waals surface area (Å²) < 4.78 is 36.2. The molecule has 2 aliphatic rings. The Labute approximate surface area is 113 Å². The van der Waals surface area contributed by atoms with Gasteiger partial charge in [-0.2, -0.15) is 0 Å². The van der Waals surface area contributed by atoms with Crippen LogP contribution < -0.4 is 0 Å². The van der Waals surface area contributed by atoms with Gasteiger partial charge in [0.2, 0.25) is 5.79 Å². The van der Waals surface area contributed by atoms with Crippen LogP contribution in [0.1, 0.15) is 27.7 Å². The van der Waals surface area contributed by atoms with E-state index in [0.717, 1.165) is 0 Å². The summed E-state index contributed by atoms with van der Waals surface area (Å²) in [6.45, 7) is 11.9. The van der Waals surface area contributed by atoms with Crippen LogP contribution in [0, 0.1) is 0 Å². The summed E-state index contributed by atoms with van der Waals surface area (Å²) in [5.41, 5.74) is -1.73. The first-order chi connectivity index (χ1) is 8.71. The van der Waals surface area contributed by atoms with Crippen molar-refractivity contribution in [3.8, 4) is 0 Å². The molecule has 0 amide bonds. The van der Waals surface area contributed by atoms with Crippen LogP contribution in [0.5, 0.6) is 0 Å². The van der Waals surface area contributed by atoms with Gasteiger partial charge < -0.3 is 18.8 Å². The molecule has 6 heteroatoms. The third-order valence-corrected chi connectivity index (χ3v) is 3.84. The van der Waals surface area contributed by atoms with Crippen molar-refractivity contribution in [2.75, 3.05) is 13.2 Å². The maximum Gasteiger partial charge on any atom is 0.525 e. The van der Waals surface area contributed by atoms with Crippen LogP contribution in [0.25, 0.3) is 0 Å². The predicted molar refractivity (Wildman–Crippen MR) is 70.1 cm³/mol. The van der Waals surface area contributed by atoms with Crippen LogP contribution in [-0.2, 0) is 18.8 Å². The summed E-state index contributed by atoms with van der Waals surface area (Å²) in [5.74, 6) is -1.21. The minimum absolute atomic E-state index is 0.402. The Morgan fingerprint density at radius 2 is 1.58 bits per heavy atom. The topological polar surface area (TPSA) is 36.9 Å². The number of rotatable bonds is 3. The number of hydrogen-bond donors (Lipinski definition) is 0. The second kappa shape index (κ2) is 4.70. The van der Waals surface area contributed by atoms with Gasteiger partial charge in [0.25, 0.3) is 0 Å². The van der Waals surface area contributed by atoms with E-state index in [4.69, 9.17) is 18.8 Å². The summed E-state index contributed by atoms with van der Waals surface area (Å²) in [6, 6.07) is 0. The first-order valence-corrected chi connectivity index (χ1v) is 6.37. The normalized spacial score (nSPS) is 28.7. The van der Waals surface area contributed by atoms with Crippen LogP contribution in [0.2, 0.25) is 0 Å². The van der Waals surface area contributed by atoms with E-state index in [1.807, 2.05) is 27.7 Å². The molecule has 0 aliphatic carbocycles. The highest BCUT2D eigenvalue weighted by atomic mass is 19.1. The fourth-order valence-corrected chi connectivity index (χ4v) is 1.92. The molecule has 2 rings (SSSR count). The van der Waals surface area contributed by atoms with E-state index in [9.17, 15) is 4.39 Å². The van der Waals surface area contributed by atoms with Crippen molar-refractivity contribution in [2.24, 2.45) is 0 Å². The molecule has 0 aromatic heterocycles. The Balaban J connectivity index is 2.17. The maximum absolute atomic E-state index is 14.3. The summed E-state index contributed by atoms with van der Waals surface area (Å²) in [6.07, 6.45) is 2.64. The largest absolute Gasteiger partial charge is 0.525 e. The minimum atomic E-state index is -1.21. The minimum Gasteiger partial charge on any atom is -0.398 e. The molecule has 2 saturated heterocycles. The second-order valence-corrected chi connectivity index (χ2v) is 5.74. The van der Waals surface area contributed by atoms with Crippen LogP contribution in [0.4, 0.5) is 4.39 Å². The number of halogens is 1. The highest BCUT2D eigenvalue weighted by Gasteiger charge is 2.53. The molecule has 19 heavy (non-hydrogen) atoms. The van der Waals surface area contributed by atoms with Crippen molar-refractivity contribution in [1.82, 2.24) is 0 Å². The van der Waals surface area contributed by atoms with Crippen molar-refractivity contribution in [3.63, 3.8) is 0 Å². The van der Waals surface area contributed by atoms with E-state index in [1.54, 1.807) is 0 Å². The smallest absolute Gasteiger partial charge is 0.398 e. The SMILES string of the molecule is C=CC1(C=C(F)B2OC(C)(C)C(C)(C)O2)OCCO1. The molecule has 0 saturated carbocycles. The zero-order valence-electron chi connectivity index (χ0n) is 11.9. The van der Waals surface area contributed by atoms with Crippen LogP contribution in [-0.4, -0.2) is 37.3 Å². The van der Waals surface area contributed by atoms with Gasteiger partial charge in [-0.3, -0.25) is 0 Å². The van der Waals surface area contributed by atoms with E-state index >= 15 is 0 Å². The fraction of sp³-hybridized carbons (Fsp3) is 0.692. The van der Waals surface area contributed by atoms with Crippen LogP contribution in [0.15, 0.2) is 24.5 Å². The molecule has 0 aromatic carbocycles. The monoisotopic (exact) mass is 270 g/mol. The van der Waals surface area contributed by atoms with Crippen molar-refractivity contribution >= 4 is 7.12 Å². The molecule has 2 aliphatic heterocycles. The summed E-state index contributed by atoms with van der Waals surface area (Å²) in [7, 11) is -1.05. The Hall–Kier alpha value is -0.685. The van der Waals surface area contributed by atoms with Crippen LogP contribution in [0.3, 0.4) is 0 Å². The highest BCUT2D eigenvalue weighted by Crippen LogP contribution is 2.39. The molecular formula is C13H20BFO4. The summed E-state index contributed by atoms with van der Waals surface area (Å²) in [5, 5.41) is 0. The van der Waals surface area contributed by atoms with Crippen molar-refractivity contribution < 1.29 is 23.2 Å². The molecule has 0 atom stereocenters. The molecule has 0 N–H and O–H groups in total. The Kier molecular flexibility index (Phi) is 3.64. The Bertz CT molecular complexity index is 383. The quantitative estimate of drug-likeness (QED) is 0.583. The maximum atomic E-state index is 14.3. The van der Waals surface area contributed by atoms with Gasteiger partial charge in [0.1, 0.15) is 5.73 Å². The van der Waals surface area contributed by atoms with E-state index in [-0.39, 0.29) is 0 Å². The zero-order chi connectivity index (χ0) is 14.3. The van der Waals surface area contributed by atoms with Gasteiger partial charge in [-0.25, -0.2) is 4.39 Å². The number of ether oxygens (including phenoxy) is 2. The van der Waals surface area contributed by atoms with Gasteiger partial charge in [-0.15, -0.1) is 0 Å². The van der Waals surface area contributed by atoms with Crippen molar-refractivity contribution in [2.45, 2.75) is 44.7 Å². The van der Waals surface area contributed by atoms with Gasteiger partial charge in [0.05, 0.1) is 24.4 Å². The zero-order valence-corrected chi connectivity index (χ0v) is 11.9. The summed E-state index contributed by atoms with van der Waals surface area (Å²) >= 11 is 0. The molecule has 2 heterocycles. The average Bonchev–Trinajstić information content (AvgIpc) is 2.83. The second-order valence-electron chi connectivity index (χ2n) is 5.74. The van der Waals surface area contributed by atoms with E-state index in [1.165, 1.54) is 12.2 Å².